The number of hydrogen-bond donors (Lipinski definition) is 6. The molecule has 4 aliphatic heterocycles. The molecule has 2 bridgehead atoms. The molecular formula is C58H89NO20. The van der Waals surface area contributed by atoms with Crippen LogP contribution >= 0.6 is 0 Å². The van der Waals surface area contributed by atoms with E-state index in [0.29, 0.717) is 57.8 Å². The second kappa shape index (κ2) is 30.2. The lowest BCUT2D eigenvalue weighted by atomic mass is 9.78. The summed E-state index contributed by atoms with van der Waals surface area (Å²) in [7, 11) is 4.31. The molecule has 0 aromatic heterocycles. The second-order valence-corrected chi connectivity index (χ2v) is 22.7. The highest BCUT2D eigenvalue weighted by molar-refractivity contribution is 6.39. The van der Waals surface area contributed by atoms with Gasteiger partial charge in [-0.2, -0.15) is 0 Å². The van der Waals surface area contributed by atoms with Gasteiger partial charge in [-0.25, -0.2) is 9.59 Å². The van der Waals surface area contributed by atoms with Crippen LogP contribution in [0.1, 0.15) is 126 Å². The van der Waals surface area contributed by atoms with Crippen LogP contribution in [0.2, 0.25) is 0 Å². The number of rotatable bonds is 9. The van der Waals surface area contributed by atoms with Crippen LogP contribution in [0, 0.1) is 35.5 Å². The molecule has 4 fully saturated rings. The summed E-state index contributed by atoms with van der Waals surface area (Å²) >= 11 is 0. The van der Waals surface area contributed by atoms with Gasteiger partial charge in [0.25, 0.3) is 11.7 Å². The van der Waals surface area contributed by atoms with Crippen molar-refractivity contribution in [2.24, 2.45) is 35.5 Å². The van der Waals surface area contributed by atoms with Crippen molar-refractivity contribution in [1.82, 2.24) is 4.90 Å². The Hall–Kier alpha value is -4.26. The summed E-state index contributed by atoms with van der Waals surface area (Å²) in [5.74, 6) is -9.58. The minimum Gasteiger partial charge on any atom is -0.460 e. The first-order valence-corrected chi connectivity index (χ1v) is 28.1. The van der Waals surface area contributed by atoms with Crippen molar-refractivity contribution in [3.05, 3.63) is 47.6 Å². The molecule has 1 amide bonds. The van der Waals surface area contributed by atoms with Gasteiger partial charge in [0.15, 0.2) is 18.0 Å². The number of amides is 1. The molecule has 21 nitrogen and oxygen atoms in total. The zero-order chi connectivity index (χ0) is 58.5. The number of methoxy groups -OCH3 is 3. The SMILES string of the molecule is CO[C@H]1C[C@@H]2CC[C@@H](C)[C@@](O)(O2)C(=O)C(=O)N2CCCCC2C(=O)O[C@H]([C@H](C)CC2CC[C@@H](O)[C@H](OC)C2)CC(=O)[C@H](C)/C=C(\C)[C@@H](OC(=O)OC2O[C@@H](CO)[C@H](O)[C@H](O)[C@@H]2O)[C@@H](OC)C(=O)[C@H](C)C[C@H](C)/C=C/C=C/C=C/1C. The Bertz CT molecular complexity index is 2190. The van der Waals surface area contributed by atoms with Crippen LogP contribution < -0.4 is 0 Å². The molecule has 3 saturated heterocycles. The number of aliphatic hydroxyl groups excluding tert-OH is 5. The Morgan fingerprint density at radius 2 is 1.53 bits per heavy atom. The highest BCUT2D eigenvalue weighted by Gasteiger charge is 2.53. The predicted octanol–water partition coefficient (Wildman–Crippen LogP) is 4.14. The minimum absolute atomic E-state index is 0.0141. The standard InChI is InChI=1S/C58H89NO20/c1-31-16-12-11-13-17-32(2)43(72-8)28-39-21-19-37(7)58(71,79-39)53(67)54(68)59-23-15-14-18-40(59)55(69)75-44(34(4)26-38-20-22-41(61)45(27-38)73-9)29-42(62)33(3)25-36(6)51(52(74-10)47(63)35(5)24-31)77-57(70)78-56-50(66)49(65)48(64)46(30-60)76-56/h11-13,16-17,25,31,33-35,37-41,43-46,48-52,56,60-61,64-66,71H,14-15,18-24,26-30H2,1-10H3/b13-11+,16-12+,32-17+,36-25+/t31-,33-,34-,35-,37-,38?,39+,40?,41-,43+,44+,45-,46+,48+,49+,50+,51-,52+,56?,58-/m1/s1. The lowest BCUT2D eigenvalue weighted by Crippen LogP contribution is -2.61. The highest BCUT2D eigenvalue weighted by atomic mass is 16.8. The van der Waals surface area contributed by atoms with Crippen molar-refractivity contribution in [3.63, 3.8) is 0 Å². The Morgan fingerprint density at radius 1 is 0.810 bits per heavy atom. The minimum atomic E-state index is -2.50. The third kappa shape index (κ3) is 16.9. The predicted molar refractivity (Wildman–Crippen MR) is 284 cm³/mol. The van der Waals surface area contributed by atoms with Gasteiger partial charge in [-0.15, -0.1) is 0 Å². The van der Waals surface area contributed by atoms with Crippen LogP contribution in [0.4, 0.5) is 4.79 Å². The number of esters is 1. The average Bonchev–Trinajstić information content (AvgIpc) is 3.46. The first-order chi connectivity index (χ1) is 37.4. The van der Waals surface area contributed by atoms with Crippen molar-refractivity contribution in [3.8, 4) is 0 Å². The molecule has 0 aromatic carbocycles. The van der Waals surface area contributed by atoms with Crippen molar-refractivity contribution in [2.75, 3.05) is 34.5 Å². The van der Waals surface area contributed by atoms with Crippen LogP contribution in [0.15, 0.2) is 47.6 Å². The zero-order valence-corrected chi connectivity index (χ0v) is 47.7. The van der Waals surface area contributed by atoms with E-state index in [0.717, 1.165) is 10.5 Å². The van der Waals surface area contributed by atoms with Gasteiger partial charge in [0.1, 0.15) is 42.3 Å². The van der Waals surface area contributed by atoms with E-state index < -0.39 is 151 Å². The summed E-state index contributed by atoms with van der Waals surface area (Å²) < 4.78 is 46.1. The molecule has 21 heteroatoms. The number of hydrogen-bond acceptors (Lipinski definition) is 20. The molecular weight excluding hydrogens is 1030 g/mol. The fourth-order valence-electron chi connectivity index (χ4n) is 11.6. The van der Waals surface area contributed by atoms with Crippen LogP contribution in [0.3, 0.4) is 0 Å². The van der Waals surface area contributed by atoms with E-state index in [-0.39, 0.29) is 43.2 Å². The number of carbonyl (C=O) groups excluding carboxylic acids is 6. The number of aliphatic hydroxyl groups is 6. The zero-order valence-electron chi connectivity index (χ0n) is 47.7. The van der Waals surface area contributed by atoms with Crippen LogP contribution in [0.25, 0.3) is 0 Å². The molecule has 1 saturated carbocycles. The topological polar surface area (TPSA) is 301 Å². The lowest BCUT2D eigenvalue weighted by molar-refractivity contribution is -0.289. The number of fused-ring (bicyclic) bond motifs is 3. The van der Waals surface area contributed by atoms with Gasteiger partial charge < -0.3 is 73.4 Å². The van der Waals surface area contributed by atoms with Gasteiger partial charge in [-0.05, 0) is 107 Å². The van der Waals surface area contributed by atoms with Gasteiger partial charge >= 0.3 is 12.1 Å². The molecule has 0 radical (unpaired) electrons. The number of ketones is 3. The lowest BCUT2D eigenvalue weighted by Gasteiger charge is -2.42. The molecule has 0 spiro atoms. The number of carbonyl (C=O) groups is 6. The summed E-state index contributed by atoms with van der Waals surface area (Å²) in [6.45, 7) is 11.3. The third-order valence-corrected chi connectivity index (χ3v) is 16.7. The van der Waals surface area contributed by atoms with E-state index >= 15 is 0 Å². The molecule has 446 valence electrons. The molecule has 3 unspecified atom stereocenters. The Balaban J connectivity index is 1.54. The molecule has 1 aliphatic carbocycles. The Morgan fingerprint density at radius 3 is 2.20 bits per heavy atom. The monoisotopic (exact) mass is 1120 g/mol. The molecule has 4 heterocycles. The van der Waals surface area contributed by atoms with Crippen LogP contribution in [-0.4, -0.2) is 191 Å². The van der Waals surface area contributed by atoms with E-state index in [2.05, 4.69) is 0 Å². The van der Waals surface area contributed by atoms with E-state index in [4.69, 9.17) is 37.9 Å². The van der Waals surface area contributed by atoms with Gasteiger partial charge in [0.2, 0.25) is 12.1 Å². The van der Waals surface area contributed by atoms with E-state index in [1.807, 2.05) is 51.2 Å². The van der Waals surface area contributed by atoms with Gasteiger partial charge in [0.05, 0.1) is 31.0 Å². The van der Waals surface area contributed by atoms with E-state index in [9.17, 15) is 59.4 Å². The summed E-state index contributed by atoms with van der Waals surface area (Å²) in [5, 5.41) is 63.7. The number of nitrogens with zero attached hydrogens (tertiary/aromatic N) is 1. The number of ether oxygens (including phenoxy) is 8. The normalized spacial score (nSPS) is 41.1. The largest absolute Gasteiger partial charge is 0.511 e. The smallest absolute Gasteiger partial charge is 0.460 e. The van der Waals surface area contributed by atoms with Crippen molar-refractivity contribution in [2.45, 2.75) is 211 Å². The summed E-state index contributed by atoms with van der Waals surface area (Å²) in [6, 6.07) is -1.24. The summed E-state index contributed by atoms with van der Waals surface area (Å²) in [4.78, 5) is 87.2. The fourth-order valence-corrected chi connectivity index (χ4v) is 11.6. The quantitative estimate of drug-likeness (QED) is 0.107. The maximum atomic E-state index is 14.6. The number of allylic oxidation sites excluding steroid dienone is 6. The number of Topliss-reactive ketones (excluding diaryl/α,β-unsaturated/α-hetero) is 3. The Labute approximate surface area is 464 Å². The molecule has 20 atom stereocenters. The van der Waals surface area contributed by atoms with Crippen molar-refractivity contribution < 1.29 is 97.3 Å². The molecule has 79 heavy (non-hydrogen) atoms. The van der Waals surface area contributed by atoms with Gasteiger partial charge in [-0.1, -0.05) is 71.1 Å². The first kappa shape index (κ1) is 65.5. The van der Waals surface area contributed by atoms with E-state index in [1.165, 1.54) is 34.3 Å². The first-order valence-electron chi connectivity index (χ1n) is 28.1. The number of cyclic esters (lactones) is 1. The van der Waals surface area contributed by atoms with Gasteiger partial charge in [0, 0.05) is 58.5 Å². The van der Waals surface area contributed by atoms with E-state index in [1.54, 1.807) is 20.8 Å². The summed E-state index contributed by atoms with van der Waals surface area (Å²) in [6.07, 6.45) is -1.79. The Kier molecular flexibility index (Phi) is 25.0. The van der Waals surface area contributed by atoms with Crippen LogP contribution in [0.5, 0.6) is 0 Å². The fraction of sp³-hybridized carbons (Fsp3) is 0.759. The maximum Gasteiger partial charge on any atom is 0.511 e. The van der Waals surface area contributed by atoms with Crippen molar-refractivity contribution in [1.29, 1.82) is 0 Å². The van der Waals surface area contributed by atoms with Gasteiger partial charge in [-0.3, -0.25) is 19.2 Å². The van der Waals surface area contributed by atoms with Crippen LogP contribution in [-0.2, 0) is 61.9 Å². The highest BCUT2D eigenvalue weighted by Crippen LogP contribution is 2.38. The van der Waals surface area contributed by atoms with Crippen molar-refractivity contribution >= 4 is 35.4 Å². The molecule has 0 aromatic rings. The number of piperidine rings is 1. The average molecular weight is 1120 g/mol. The summed E-state index contributed by atoms with van der Waals surface area (Å²) in [5.41, 5.74) is 0.980. The maximum absolute atomic E-state index is 14.6. The third-order valence-electron chi connectivity index (χ3n) is 16.7. The molecule has 5 aliphatic rings. The second-order valence-electron chi connectivity index (χ2n) is 22.7. The molecule has 5 rings (SSSR count). The molecule has 6 N–H and O–H groups in total.